The molecular formula is C21H21F3N2O2. The third kappa shape index (κ3) is 4.52. The molecule has 1 saturated carbocycles. The summed E-state index contributed by atoms with van der Waals surface area (Å²) >= 11 is 0. The van der Waals surface area contributed by atoms with Gasteiger partial charge in [-0.05, 0) is 42.2 Å². The maximum absolute atomic E-state index is 13.0. The molecule has 0 heterocycles. The number of benzene rings is 2. The fourth-order valence-corrected chi connectivity index (χ4v) is 3.03. The highest BCUT2D eigenvalue weighted by Gasteiger charge is 2.48. The molecule has 28 heavy (non-hydrogen) atoms. The standard InChI is InChI=1S/C21H21F3N2O2/c1-12(2)13-7-9-14(10-8-13)25-19(27)15-11-16(15)20(28)26-18-6-4-3-5-17(18)21(22,23)24/h3-10,12,15-16H,11H2,1-2H3,(H,25,27)(H,26,28). The summed E-state index contributed by atoms with van der Waals surface area (Å²) in [6.45, 7) is 4.13. The van der Waals surface area contributed by atoms with Crippen LogP contribution in [0.3, 0.4) is 0 Å². The minimum Gasteiger partial charge on any atom is -0.326 e. The second-order valence-electron chi connectivity index (χ2n) is 7.25. The van der Waals surface area contributed by atoms with Crippen molar-refractivity contribution in [2.75, 3.05) is 10.6 Å². The van der Waals surface area contributed by atoms with Crippen LogP contribution in [0.15, 0.2) is 48.5 Å². The first-order valence-electron chi connectivity index (χ1n) is 9.04. The summed E-state index contributed by atoms with van der Waals surface area (Å²) in [6, 6.07) is 12.2. The van der Waals surface area contributed by atoms with Crippen LogP contribution in [-0.4, -0.2) is 11.8 Å². The number of hydrogen-bond donors (Lipinski definition) is 2. The van der Waals surface area contributed by atoms with Crippen molar-refractivity contribution in [3.63, 3.8) is 0 Å². The molecule has 0 bridgehead atoms. The Morgan fingerprint density at radius 1 is 0.929 bits per heavy atom. The predicted octanol–water partition coefficient (Wildman–Crippen LogP) is 5.04. The lowest BCUT2D eigenvalue weighted by Gasteiger charge is -2.13. The van der Waals surface area contributed by atoms with Gasteiger partial charge in [0.1, 0.15) is 0 Å². The van der Waals surface area contributed by atoms with E-state index in [2.05, 4.69) is 24.5 Å². The van der Waals surface area contributed by atoms with E-state index in [4.69, 9.17) is 0 Å². The predicted molar refractivity (Wildman–Crippen MR) is 101 cm³/mol. The molecule has 2 aromatic rings. The molecule has 1 aliphatic rings. The molecule has 0 saturated heterocycles. The van der Waals surface area contributed by atoms with Gasteiger partial charge >= 0.3 is 6.18 Å². The van der Waals surface area contributed by atoms with E-state index < -0.39 is 29.5 Å². The molecule has 7 heteroatoms. The van der Waals surface area contributed by atoms with Gasteiger partial charge in [0, 0.05) is 5.69 Å². The van der Waals surface area contributed by atoms with Crippen molar-refractivity contribution in [2.45, 2.75) is 32.4 Å². The number of rotatable bonds is 5. The van der Waals surface area contributed by atoms with Crippen molar-refractivity contribution >= 4 is 23.2 Å². The van der Waals surface area contributed by atoms with E-state index in [1.165, 1.54) is 18.2 Å². The lowest BCUT2D eigenvalue weighted by Crippen LogP contribution is -2.22. The molecule has 2 atom stereocenters. The summed E-state index contributed by atoms with van der Waals surface area (Å²) < 4.78 is 39.1. The van der Waals surface area contributed by atoms with Crippen molar-refractivity contribution in [1.29, 1.82) is 0 Å². The van der Waals surface area contributed by atoms with Crippen LogP contribution in [0, 0.1) is 11.8 Å². The first-order chi connectivity index (χ1) is 13.2. The van der Waals surface area contributed by atoms with Gasteiger partial charge in [-0.3, -0.25) is 9.59 Å². The highest BCUT2D eigenvalue weighted by molar-refractivity contribution is 6.03. The van der Waals surface area contributed by atoms with Gasteiger partial charge < -0.3 is 10.6 Å². The molecule has 1 fully saturated rings. The Balaban J connectivity index is 1.59. The van der Waals surface area contributed by atoms with Gasteiger partial charge in [-0.15, -0.1) is 0 Å². The Bertz CT molecular complexity index is 876. The lowest BCUT2D eigenvalue weighted by molar-refractivity contribution is -0.137. The summed E-state index contributed by atoms with van der Waals surface area (Å²) in [5.41, 5.74) is 0.568. The smallest absolute Gasteiger partial charge is 0.326 e. The molecule has 148 valence electrons. The highest BCUT2D eigenvalue weighted by Crippen LogP contribution is 2.41. The molecule has 2 amide bonds. The number of anilines is 2. The summed E-state index contributed by atoms with van der Waals surface area (Å²) in [5.74, 6) is -1.67. The van der Waals surface area contributed by atoms with Gasteiger partial charge in [-0.1, -0.05) is 38.1 Å². The number of hydrogen-bond acceptors (Lipinski definition) is 2. The zero-order valence-corrected chi connectivity index (χ0v) is 15.5. The van der Waals surface area contributed by atoms with Gasteiger partial charge in [0.05, 0.1) is 23.1 Å². The Kier molecular flexibility index (Phi) is 5.45. The Morgan fingerprint density at radius 2 is 1.50 bits per heavy atom. The Labute approximate surface area is 161 Å². The van der Waals surface area contributed by atoms with E-state index in [1.54, 1.807) is 12.1 Å². The number of halogens is 3. The molecule has 2 unspecified atom stereocenters. The van der Waals surface area contributed by atoms with Crippen molar-refractivity contribution in [2.24, 2.45) is 11.8 Å². The molecular weight excluding hydrogens is 369 g/mol. The number of carbonyl (C=O) groups is 2. The third-order valence-corrected chi connectivity index (χ3v) is 4.80. The van der Waals surface area contributed by atoms with Crippen molar-refractivity contribution < 1.29 is 22.8 Å². The number of nitrogens with one attached hydrogen (secondary N) is 2. The van der Waals surface area contributed by atoms with E-state index in [0.717, 1.165) is 11.6 Å². The normalized spacial score (nSPS) is 18.6. The Morgan fingerprint density at radius 3 is 2.07 bits per heavy atom. The van der Waals surface area contributed by atoms with Crippen molar-refractivity contribution in [3.05, 3.63) is 59.7 Å². The van der Waals surface area contributed by atoms with E-state index in [0.29, 0.717) is 18.0 Å². The van der Waals surface area contributed by atoms with Crippen molar-refractivity contribution in [3.8, 4) is 0 Å². The molecule has 4 nitrogen and oxygen atoms in total. The van der Waals surface area contributed by atoms with Crippen LogP contribution >= 0.6 is 0 Å². The van der Waals surface area contributed by atoms with Gasteiger partial charge in [0.15, 0.2) is 0 Å². The molecule has 2 N–H and O–H groups in total. The Hall–Kier alpha value is -2.83. The van der Waals surface area contributed by atoms with Crippen LogP contribution in [0.25, 0.3) is 0 Å². The number of amides is 2. The molecule has 0 radical (unpaired) electrons. The summed E-state index contributed by atoms with van der Waals surface area (Å²) in [7, 11) is 0. The fourth-order valence-electron chi connectivity index (χ4n) is 3.03. The maximum atomic E-state index is 13.0. The first kappa shape index (κ1) is 19.9. The second-order valence-corrected chi connectivity index (χ2v) is 7.25. The molecule has 0 aliphatic heterocycles. The minimum atomic E-state index is -4.56. The molecule has 0 aromatic heterocycles. The first-order valence-corrected chi connectivity index (χ1v) is 9.04. The summed E-state index contributed by atoms with van der Waals surface area (Å²) in [6.07, 6.45) is -4.25. The topological polar surface area (TPSA) is 58.2 Å². The minimum absolute atomic E-state index is 0.296. The molecule has 1 aliphatic carbocycles. The van der Waals surface area contributed by atoms with E-state index in [1.807, 2.05) is 12.1 Å². The zero-order valence-electron chi connectivity index (χ0n) is 15.5. The lowest BCUT2D eigenvalue weighted by atomic mass is 10.0. The van der Waals surface area contributed by atoms with Crippen LogP contribution in [-0.2, 0) is 15.8 Å². The molecule has 3 rings (SSSR count). The maximum Gasteiger partial charge on any atom is 0.418 e. The van der Waals surface area contributed by atoms with E-state index in [9.17, 15) is 22.8 Å². The number of alkyl halides is 3. The van der Waals surface area contributed by atoms with Crippen molar-refractivity contribution in [1.82, 2.24) is 0 Å². The summed E-state index contributed by atoms with van der Waals surface area (Å²) in [5, 5.41) is 5.06. The van der Waals surface area contributed by atoms with Gasteiger partial charge in [-0.25, -0.2) is 0 Å². The third-order valence-electron chi connectivity index (χ3n) is 4.80. The second kappa shape index (κ2) is 7.66. The van der Waals surface area contributed by atoms with E-state index in [-0.39, 0.29) is 11.6 Å². The molecule has 0 spiro atoms. The van der Waals surface area contributed by atoms with Gasteiger partial charge in [0.25, 0.3) is 0 Å². The van der Waals surface area contributed by atoms with Gasteiger partial charge in [-0.2, -0.15) is 13.2 Å². The average Bonchev–Trinajstić information content (AvgIpc) is 3.43. The zero-order chi connectivity index (χ0) is 20.5. The fraction of sp³-hybridized carbons (Fsp3) is 0.333. The van der Waals surface area contributed by atoms with Crippen LogP contribution in [0.2, 0.25) is 0 Å². The monoisotopic (exact) mass is 390 g/mol. The van der Waals surface area contributed by atoms with Crippen LogP contribution in [0.1, 0.15) is 37.3 Å². The van der Waals surface area contributed by atoms with Crippen LogP contribution in [0.4, 0.5) is 24.5 Å². The molecule has 2 aromatic carbocycles. The number of para-hydroxylation sites is 1. The average molecular weight is 390 g/mol. The SMILES string of the molecule is CC(C)c1ccc(NC(=O)C2CC2C(=O)Nc2ccccc2C(F)(F)F)cc1. The van der Waals surface area contributed by atoms with Gasteiger partial charge in [0.2, 0.25) is 11.8 Å². The largest absolute Gasteiger partial charge is 0.418 e. The summed E-state index contributed by atoms with van der Waals surface area (Å²) in [4.78, 5) is 24.6. The van der Waals surface area contributed by atoms with Crippen LogP contribution < -0.4 is 10.6 Å². The number of carbonyl (C=O) groups excluding carboxylic acids is 2. The van der Waals surface area contributed by atoms with Crippen LogP contribution in [0.5, 0.6) is 0 Å². The quantitative estimate of drug-likeness (QED) is 0.751. The van der Waals surface area contributed by atoms with E-state index >= 15 is 0 Å². The highest BCUT2D eigenvalue weighted by atomic mass is 19.4.